The van der Waals surface area contributed by atoms with E-state index < -0.39 is 0 Å². The van der Waals surface area contributed by atoms with E-state index in [0.717, 1.165) is 19.3 Å². The van der Waals surface area contributed by atoms with Crippen molar-refractivity contribution in [2.75, 3.05) is 12.4 Å². The van der Waals surface area contributed by atoms with Gasteiger partial charge < -0.3 is 5.32 Å². The average Bonchev–Trinajstić information content (AvgIpc) is 2.73. The van der Waals surface area contributed by atoms with Crippen molar-refractivity contribution in [1.82, 2.24) is 15.1 Å². The number of alkyl halides is 1. The number of aromatic nitrogens is 2. The number of rotatable bonds is 7. The van der Waals surface area contributed by atoms with Gasteiger partial charge in [0, 0.05) is 25.7 Å². The van der Waals surface area contributed by atoms with Crippen molar-refractivity contribution in [3.63, 3.8) is 0 Å². The average molecular weight is 258 g/mol. The van der Waals surface area contributed by atoms with E-state index in [0.29, 0.717) is 24.0 Å². The van der Waals surface area contributed by atoms with Crippen molar-refractivity contribution in [2.24, 2.45) is 13.0 Å². The summed E-state index contributed by atoms with van der Waals surface area (Å²) in [6.45, 7) is 2.82. The molecule has 1 atom stereocenters. The maximum Gasteiger partial charge on any atom is 0.271 e. The summed E-state index contributed by atoms with van der Waals surface area (Å²) in [7, 11) is 1.80. The zero-order valence-electron chi connectivity index (χ0n) is 10.4. The van der Waals surface area contributed by atoms with Gasteiger partial charge in [-0.2, -0.15) is 5.10 Å². The third-order valence-electron chi connectivity index (χ3n) is 2.71. The standard InChI is InChI=1S/C12H20ClN3O/c1-3-4-10(5-7-13)9-14-12(17)11-6-8-16(2)15-11/h6,8,10H,3-5,7,9H2,1-2H3,(H,14,17). The number of aryl methyl sites for hydroxylation is 1. The molecule has 0 aromatic carbocycles. The van der Waals surface area contributed by atoms with Gasteiger partial charge in [-0.25, -0.2) is 0 Å². The Kier molecular flexibility index (Phi) is 6.05. The molecule has 1 heterocycles. The van der Waals surface area contributed by atoms with E-state index in [9.17, 15) is 4.79 Å². The van der Waals surface area contributed by atoms with Crippen LogP contribution in [0.1, 0.15) is 36.7 Å². The van der Waals surface area contributed by atoms with Crippen LogP contribution in [0.2, 0.25) is 0 Å². The van der Waals surface area contributed by atoms with E-state index >= 15 is 0 Å². The van der Waals surface area contributed by atoms with Crippen LogP contribution in [0.5, 0.6) is 0 Å². The Morgan fingerprint density at radius 1 is 1.59 bits per heavy atom. The summed E-state index contributed by atoms with van der Waals surface area (Å²) in [4.78, 5) is 11.8. The molecule has 1 aromatic rings. The molecule has 1 amide bonds. The highest BCUT2D eigenvalue weighted by atomic mass is 35.5. The highest BCUT2D eigenvalue weighted by Gasteiger charge is 2.12. The number of carbonyl (C=O) groups is 1. The summed E-state index contributed by atoms with van der Waals surface area (Å²) < 4.78 is 1.62. The van der Waals surface area contributed by atoms with Crippen molar-refractivity contribution in [3.8, 4) is 0 Å². The molecular weight excluding hydrogens is 238 g/mol. The summed E-state index contributed by atoms with van der Waals surface area (Å²) in [6.07, 6.45) is 4.91. The molecule has 1 rings (SSSR count). The molecular formula is C12H20ClN3O. The van der Waals surface area contributed by atoms with Crippen LogP contribution in [0.3, 0.4) is 0 Å². The summed E-state index contributed by atoms with van der Waals surface area (Å²) >= 11 is 5.74. The molecule has 96 valence electrons. The number of nitrogens with one attached hydrogen (secondary N) is 1. The summed E-state index contributed by atoms with van der Waals surface area (Å²) in [5.74, 6) is 0.996. The Bertz CT molecular complexity index is 345. The zero-order valence-corrected chi connectivity index (χ0v) is 11.2. The first-order valence-electron chi connectivity index (χ1n) is 6.01. The minimum atomic E-state index is -0.110. The molecule has 0 saturated carbocycles. The highest BCUT2D eigenvalue weighted by molar-refractivity contribution is 6.17. The summed E-state index contributed by atoms with van der Waals surface area (Å²) in [5, 5.41) is 6.97. The molecule has 0 spiro atoms. The van der Waals surface area contributed by atoms with Crippen LogP contribution < -0.4 is 5.32 Å². The molecule has 4 nitrogen and oxygen atoms in total. The van der Waals surface area contributed by atoms with Crippen LogP contribution in [-0.2, 0) is 7.05 Å². The first-order valence-corrected chi connectivity index (χ1v) is 6.54. The number of hydrogen-bond donors (Lipinski definition) is 1. The molecule has 0 radical (unpaired) electrons. The maximum absolute atomic E-state index is 11.8. The SMILES string of the molecule is CCCC(CCCl)CNC(=O)c1ccn(C)n1. The number of nitrogens with zero attached hydrogens (tertiary/aromatic N) is 2. The minimum absolute atomic E-state index is 0.110. The lowest BCUT2D eigenvalue weighted by Crippen LogP contribution is -2.30. The smallest absolute Gasteiger partial charge is 0.271 e. The first-order chi connectivity index (χ1) is 8.17. The molecule has 0 aliphatic carbocycles. The van der Waals surface area contributed by atoms with Gasteiger partial charge in [0.1, 0.15) is 5.69 Å². The number of hydrogen-bond acceptors (Lipinski definition) is 2. The second kappa shape index (κ2) is 7.33. The van der Waals surface area contributed by atoms with Crippen molar-refractivity contribution in [3.05, 3.63) is 18.0 Å². The molecule has 5 heteroatoms. The normalized spacial score (nSPS) is 12.4. The maximum atomic E-state index is 11.8. The number of halogens is 1. The minimum Gasteiger partial charge on any atom is -0.350 e. The van der Waals surface area contributed by atoms with Crippen molar-refractivity contribution in [1.29, 1.82) is 0 Å². The largest absolute Gasteiger partial charge is 0.350 e. The fourth-order valence-corrected chi connectivity index (χ4v) is 2.08. The fourth-order valence-electron chi connectivity index (χ4n) is 1.77. The van der Waals surface area contributed by atoms with E-state index in [1.165, 1.54) is 0 Å². The van der Waals surface area contributed by atoms with Crippen molar-refractivity contribution < 1.29 is 4.79 Å². The van der Waals surface area contributed by atoms with Gasteiger partial charge in [-0.05, 0) is 24.8 Å². The van der Waals surface area contributed by atoms with E-state index in [1.807, 2.05) is 0 Å². The van der Waals surface area contributed by atoms with Crippen LogP contribution >= 0.6 is 11.6 Å². The Labute approximate surface area is 107 Å². The van der Waals surface area contributed by atoms with Crippen LogP contribution in [0, 0.1) is 5.92 Å². The lowest BCUT2D eigenvalue weighted by molar-refractivity contribution is 0.0940. The van der Waals surface area contributed by atoms with Crippen LogP contribution in [0.4, 0.5) is 0 Å². The number of carbonyl (C=O) groups excluding carboxylic acids is 1. The van der Waals surface area contributed by atoms with Gasteiger partial charge in [0.05, 0.1) is 0 Å². The monoisotopic (exact) mass is 257 g/mol. The van der Waals surface area contributed by atoms with Crippen LogP contribution in [0.25, 0.3) is 0 Å². The molecule has 0 bridgehead atoms. The lowest BCUT2D eigenvalue weighted by atomic mass is 10.0. The van der Waals surface area contributed by atoms with E-state index in [2.05, 4.69) is 17.3 Å². The predicted molar refractivity (Wildman–Crippen MR) is 69.3 cm³/mol. The molecule has 0 aliphatic rings. The second-order valence-corrected chi connectivity index (χ2v) is 4.59. The van der Waals surface area contributed by atoms with Gasteiger partial charge >= 0.3 is 0 Å². The zero-order chi connectivity index (χ0) is 12.7. The topological polar surface area (TPSA) is 46.9 Å². The molecule has 0 fully saturated rings. The summed E-state index contributed by atoms with van der Waals surface area (Å²) in [5.41, 5.74) is 0.466. The van der Waals surface area contributed by atoms with Crippen LogP contribution in [-0.4, -0.2) is 28.1 Å². The molecule has 1 N–H and O–H groups in total. The van der Waals surface area contributed by atoms with Gasteiger partial charge in [0.25, 0.3) is 5.91 Å². The summed E-state index contributed by atoms with van der Waals surface area (Å²) in [6, 6.07) is 1.71. The lowest BCUT2D eigenvalue weighted by Gasteiger charge is -2.14. The quantitative estimate of drug-likeness (QED) is 0.762. The van der Waals surface area contributed by atoms with Crippen LogP contribution in [0.15, 0.2) is 12.3 Å². The molecule has 1 unspecified atom stereocenters. The Balaban J connectivity index is 2.40. The molecule has 0 aliphatic heterocycles. The van der Waals surface area contributed by atoms with Crippen molar-refractivity contribution >= 4 is 17.5 Å². The van der Waals surface area contributed by atoms with Crippen molar-refractivity contribution in [2.45, 2.75) is 26.2 Å². The third-order valence-corrected chi connectivity index (χ3v) is 2.93. The van der Waals surface area contributed by atoms with E-state index in [-0.39, 0.29) is 5.91 Å². The van der Waals surface area contributed by atoms with E-state index in [1.54, 1.807) is 24.0 Å². The van der Waals surface area contributed by atoms with Gasteiger partial charge in [0.2, 0.25) is 0 Å². The molecule has 0 saturated heterocycles. The van der Waals surface area contributed by atoms with Gasteiger partial charge in [-0.3, -0.25) is 9.48 Å². The molecule has 17 heavy (non-hydrogen) atoms. The first kappa shape index (κ1) is 14.0. The third kappa shape index (κ3) is 4.77. The Morgan fingerprint density at radius 3 is 2.88 bits per heavy atom. The predicted octanol–water partition coefficient (Wildman–Crippen LogP) is 2.20. The fraction of sp³-hybridized carbons (Fsp3) is 0.667. The van der Waals surface area contributed by atoms with Gasteiger partial charge in [-0.1, -0.05) is 13.3 Å². The Hall–Kier alpha value is -1.03. The van der Waals surface area contributed by atoms with Gasteiger partial charge in [0.15, 0.2) is 0 Å². The Morgan fingerprint density at radius 2 is 2.35 bits per heavy atom. The number of amides is 1. The highest BCUT2D eigenvalue weighted by Crippen LogP contribution is 2.11. The molecule has 1 aromatic heterocycles. The second-order valence-electron chi connectivity index (χ2n) is 4.22. The van der Waals surface area contributed by atoms with E-state index in [4.69, 9.17) is 11.6 Å². The van der Waals surface area contributed by atoms with Gasteiger partial charge in [-0.15, -0.1) is 11.6 Å².